The van der Waals surface area contributed by atoms with E-state index < -0.39 is 35.0 Å². The van der Waals surface area contributed by atoms with Crippen LogP contribution < -0.4 is 5.32 Å². The van der Waals surface area contributed by atoms with Gasteiger partial charge in [-0.05, 0) is 33.2 Å². The molecule has 1 saturated heterocycles. The molecule has 8 heteroatoms. The van der Waals surface area contributed by atoms with Gasteiger partial charge in [-0.1, -0.05) is 0 Å². The second-order valence-electron chi connectivity index (χ2n) is 5.79. The van der Waals surface area contributed by atoms with E-state index in [4.69, 9.17) is 6.11 Å². The molecule has 2 amide bonds. The average molecular weight is 315 g/mol. The van der Waals surface area contributed by atoms with E-state index in [1.807, 2.05) is 0 Å². The van der Waals surface area contributed by atoms with Crippen LogP contribution in [-0.2, 0) is 14.3 Å². The number of nitrogens with zero attached hydrogens (tertiary/aromatic N) is 1. The van der Waals surface area contributed by atoms with E-state index in [1.165, 1.54) is 11.8 Å². The summed E-state index contributed by atoms with van der Waals surface area (Å²) in [6.45, 7) is 4.96. The smallest absolute Gasteiger partial charge is 0.408 e. The number of fused-ring (bicyclic) bond motifs is 1. The van der Waals surface area contributed by atoms with Crippen molar-refractivity contribution in [1.29, 1.82) is 0 Å². The van der Waals surface area contributed by atoms with E-state index in [-0.39, 0.29) is 12.6 Å². The van der Waals surface area contributed by atoms with Gasteiger partial charge in [0.1, 0.15) is 22.7 Å². The molecular weight excluding hydrogens is 296 g/mol. The van der Waals surface area contributed by atoms with E-state index >= 15 is 0 Å². The Labute approximate surface area is 128 Å². The SMILES string of the molecule is [2H]CC1=C(C(=O)O)N2C(=O)C(NC(=O)OC(C)(C)C)[C@H]2SC1. The van der Waals surface area contributed by atoms with Gasteiger partial charge in [0.05, 0.1) is 0 Å². The lowest BCUT2D eigenvalue weighted by Gasteiger charge is -2.49. The van der Waals surface area contributed by atoms with Crippen molar-refractivity contribution < 1.29 is 25.6 Å². The molecule has 2 aliphatic heterocycles. The maximum atomic E-state index is 12.2. The van der Waals surface area contributed by atoms with Crippen LogP contribution in [0.2, 0.25) is 0 Å². The maximum Gasteiger partial charge on any atom is 0.408 e. The Morgan fingerprint density at radius 2 is 2.19 bits per heavy atom. The fourth-order valence-corrected chi connectivity index (χ4v) is 3.36. The topological polar surface area (TPSA) is 95.9 Å². The zero-order chi connectivity index (χ0) is 16.7. The highest BCUT2D eigenvalue weighted by molar-refractivity contribution is 8.00. The first-order chi connectivity index (χ1) is 10.2. The number of carboxylic acid groups (broad SMARTS) is 1. The average Bonchev–Trinajstić information content (AvgIpc) is 2.40. The van der Waals surface area contributed by atoms with Crippen LogP contribution in [-0.4, -0.2) is 50.7 Å². The van der Waals surface area contributed by atoms with Crippen molar-refractivity contribution in [2.45, 2.75) is 44.7 Å². The molecule has 0 aliphatic carbocycles. The van der Waals surface area contributed by atoms with E-state index in [0.29, 0.717) is 11.3 Å². The summed E-state index contributed by atoms with van der Waals surface area (Å²) in [5.74, 6) is -1.37. The number of amides is 2. The second-order valence-corrected chi connectivity index (χ2v) is 6.90. The van der Waals surface area contributed by atoms with Crippen molar-refractivity contribution in [2.75, 3.05) is 5.75 Å². The third-order valence-corrected chi connectivity index (χ3v) is 4.26. The van der Waals surface area contributed by atoms with E-state index in [2.05, 4.69) is 5.32 Å². The minimum atomic E-state index is -1.23. The van der Waals surface area contributed by atoms with Crippen molar-refractivity contribution in [3.8, 4) is 0 Å². The fraction of sp³-hybridized carbons (Fsp3) is 0.615. The first kappa shape index (κ1) is 14.2. The molecule has 2 atom stereocenters. The lowest BCUT2D eigenvalue weighted by Crippen LogP contribution is -2.70. The number of rotatable bonds is 2. The quantitative estimate of drug-likeness (QED) is 0.742. The van der Waals surface area contributed by atoms with Gasteiger partial charge in [-0.2, -0.15) is 0 Å². The number of hydrogen-bond acceptors (Lipinski definition) is 5. The van der Waals surface area contributed by atoms with Crippen LogP contribution in [0.1, 0.15) is 29.0 Å². The Morgan fingerprint density at radius 1 is 1.52 bits per heavy atom. The number of carboxylic acids is 1. The van der Waals surface area contributed by atoms with Crippen molar-refractivity contribution >= 4 is 29.7 Å². The summed E-state index contributed by atoms with van der Waals surface area (Å²) in [5, 5.41) is 11.3. The molecule has 2 rings (SSSR count). The van der Waals surface area contributed by atoms with Crippen molar-refractivity contribution in [3.63, 3.8) is 0 Å². The molecule has 0 radical (unpaired) electrons. The Balaban J connectivity index is 2.10. The van der Waals surface area contributed by atoms with Crippen LogP contribution in [0, 0.1) is 0 Å². The van der Waals surface area contributed by atoms with Gasteiger partial charge in [-0.25, -0.2) is 9.59 Å². The molecule has 0 spiro atoms. The Hall–Kier alpha value is -1.70. The molecule has 0 aromatic heterocycles. The van der Waals surface area contributed by atoms with E-state index in [9.17, 15) is 19.5 Å². The third-order valence-electron chi connectivity index (χ3n) is 2.92. The Morgan fingerprint density at radius 3 is 2.71 bits per heavy atom. The van der Waals surface area contributed by atoms with Crippen molar-refractivity contribution in [3.05, 3.63) is 11.3 Å². The van der Waals surface area contributed by atoms with Gasteiger partial charge in [0, 0.05) is 7.12 Å². The maximum absolute atomic E-state index is 12.2. The van der Waals surface area contributed by atoms with E-state index in [1.54, 1.807) is 20.8 Å². The highest BCUT2D eigenvalue weighted by Gasteiger charge is 2.54. The van der Waals surface area contributed by atoms with Crippen LogP contribution in [0.5, 0.6) is 0 Å². The molecule has 116 valence electrons. The van der Waals surface area contributed by atoms with Crippen LogP contribution in [0.25, 0.3) is 0 Å². The van der Waals surface area contributed by atoms with Crippen LogP contribution in [0.4, 0.5) is 4.79 Å². The summed E-state index contributed by atoms with van der Waals surface area (Å²) >= 11 is 1.33. The zero-order valence-corrected chi connectivity index (χ0v) is 12.8. The molecular formula is C13H18N2O5S. The first-order valence-corrected chi connectivity index (χ1v) is 7.39. The van der Waals surface area contributed by atoms with Crippen LogP contribution in [0.3, 0.4) is 0 Å². The Bertz CT molecular complexity index is 557. The molecule has 1 fully saturated rings. The molecule has 0 saturated carbocycles. The molecule has 7 nitrogen and oxygen atoms in total. The lowest BCUT2D eigenvalue weighted by atomic mass is 10.0. The second kappa shape index (κ2) is 5.25. The lowest BCUT2D eigenvalue weighted by molar-refractivity contribution is -0.149. The normalized spacial score (nSPS) is 25.8. The summed E-state index contributed by atoms with van der Waals surface area (Å²) < 4.78 is 12.5. The molecule has 2 heterocycles. The fourth-order valence-electron chi connectivity index (χ4n) is 2.12. The van der Waals surface area contributed by atoms with Crippen molar-refractivity contribution in [2.24, 2.45) is 0 Å². The number of carbonyl (C=O) groups excluding carboxylic acids is 2. The first-order valence-electron chi connectivity index (χ1n) is 7.05. The highest BCUT2D eigenvalue weighted by atomic mass is 32.2. The van der Waals surface area contributed by atoms with E-state index in [0.717, 1.165) is 4.90 Å². The Kier molecular flexibility index (Phi) is 3.56. The monoisotopic (exact) mass is 315 g/mol. The molecule has 21 heavy (non-hydrogen) atoms. The molecule has 0 bridgehead atoms. The summed E-state index contributed by atoms with van der Waals surface area (Å²) in [5.41, 5.74) is -0.412. The summed E-state index contributed by atoms with van der Waals surface area (Å²) in [6, 6.07) is -0.804. The highest BCUT2D eigenvalue weighted by Crippen LogP contribution is 2.40. The number of β-lactam (4-membered cyclic amide) rings is 1. The van der Waals surface area contributed by atoms with Gasteiger partial charge in [-0.15, -0.1) is 11.8 Å². The largest absolute Gasteiger partial charge is 0.477 e. The molecule has 0 aromatic carbocycles. The van der Waals surface area contributed by atoms with Gasteiger partial charge in [0.15, 0.2) is 0 Å². The molecule has 1 unspecified atom stereocenters. The number of alkyl carbamates (subject to hydrolysis) is 1. The minimum Gasteiger partial charge on any atom is -0.477 e. The molecule has 2 aliphatic rings. The van der Waals surface area contributed by atoms with Crippen LogP contribution in [0.15, 0.2) is 11.3 Å². The third kappa shape index (κ3) is 2.99. The zero-order valence-electron chi connectivity index (χ0n) is 13.0. The summed E-state index contributed by atoms with van der Waals surface area (Å²) in [4.78, 5) is 36.4. The molecule has 2 N–H and O–H groups in total. The van der Waals surface area contributed by atoms with Crippen LogP contribution >= 0.6 is 11.8 Å². The predicted molar refractivity (Wildman–Crippen MR) is 76.6 cm³/mol. The van der Waals surface area contributed by atoms with Gasteiger partial charge in [0.25, 0.3) is 5.91 Å². The standard InChI is InChI=1S/C13H18N2O5S/c1-6-5-21-10-7(14-12(19)20-13(2,3)4)9(16)15(10)8(6)11(17)18/h7,10H,5H2,1-4H3,(H,14,19)(H,17,18)/t7?,10-/m1/s1/i1D. The number of ether oxygens (including phenoxy) is 1. The van der Waals surface area contributed by atoms with Gasteiger partial charge in [-0.3, -0.25) is 9.69 Å². The number of hydrogen-bond donors (Lipinski definition) is 2. The number of nitrogens with one attached hydrogen (secondary N) is 1. The van der Waals surface area contributed by atoms with Gasteiger partial charge in [0.2, 0.25) is 0 Å². The van der Waals surface area contributed by atoms with Gasteiger partial charge < -0.3 is 15.2 Å². The number of aliphatic carboxylic acids is 1. The van der Waals surface area contributed by atoms with Gasteiger partial charge >= 0.3 is 12.1 Å². The minimum absolute atomic E-state index is 0.133. The predicted octanol–water partition coefficient (Wildman–Crippen LogP) is 1.15. The number of thioether (sulfide) groups is 1. The number of carbonyl (C=O) groups is 3. The summed E-state index contributed by atoms with van der Waals surface area (Å²) in [7, 11) is 0. The van der Waals surface area contributed by atoms with Crippen molar-refractivity contribution in [1.82, 2.24) is 10.2 Å². The summed E-state index contributed by atoms with van der Waals surface area (Å²) in [6.07, 6.45) is -0.710. The molecule has 0 aromatic rings.